The number of carbonyl (C=O) groups excluding carboxylic acids is 3. The van der Waals surface area contributed by atoms with E-state index in [4.69, 9.17) is 4.84 Å². The van der Waals surface area contributed by atoms with Crippen LogP contribution in [0, 0.1) is 0 Å². The Kier molecular flexibility index (Phi) is 3.07. The standard InChI is InChI=1S/C13H15N2O5/c1-12(2)7-8(13(3,4)15(12)19)11(18)20-14-9(16)5-6-10(14)17/h5-7H,1-4H3. The molecule has 0 saturated carbocycles. The van der Waals surface area contributed by atoms with Crippen molar-refractivity contribution in [3.8, 4) is 0 Å². The average molecular weight is 279 g/mol. The van der Waals surface area contributed by atoms with Gasteiger partial charge in [-0.2, -0.15) is 0 Å². The summed E-state index contributed by atoms with van der Waals surface area (Å²) in [7, 11) is 0. The fourth-order valence-corrected chi connectivity index (χ4v) is 2.34. The van der Waals surface area contributed by atoms with E-state index in [0.717, 1.165) is 17.2 Å². The Balaban J connectivity index is 2.22. The summed E-state index contributed by atoms with van der Waals surface area (Å²) >= 11 is 0. The molecule has 7 heteroatoms. The van der Waals surface area contributed by atoms with Gasteiger partial charge < -0.3 is 4.84 Å². The molecule has 0 N–H and O–H groups in total. The van der Waals surface area contributed by atoms with E-state index in [0.29, 0.717) is 5.06 Å². The van der Waals surface area contributed by atoms with Gasteiger partial charge in [0.25, 0.3) is 11.8 Å². The van der Waals surface area contributed by atoms with E-state index in [1.54, 1.807) is 27.7 Å². The maximum absolute atomic E-state index is 12.1. The van der Waals surface area contributed by atoms with Crippen LogP contribution in [0.25, 0.3) is 0 Å². The van der Waals surface area contributed by atoms with Gasteiger partial charge >= 0.3 is 5.97 Å². The third-order valence-electron chi connectivity index (χ3n) is 3.35. The Morgan fingerprint density at radius 1 is 1.10 bits per heavy atom. The zero-order valence-electron chi connectivity index (χ0n) is 11.7. The monoisotopic (exact) mass is 279 g/mol. The number of amides is 2. The average Bonchev–Trinajstić information content (AvgIpc) is 2.73. The molecule has 20 heavy (non-hydrogen) atoms. The molecule has 1 radical (unpaired) electrons. The molecule has 2 rings (SSSR count). The molecule has 0 aliphatic carbocycles. The highest BCUT2D eigenvalue weighted by Gasteiger charge is 2.50. The fraction of sp³-hybridized carbons (Fsp3) is 0.462. The van der Waals surface area contributed by atoms with Crippen LogP contribution in [0.5, 0.6) is 0 Å². The summed E-state index contributed by atoms with van der Waals surface area (Å²) < 4.78 is 0. The van der Waals surface area contributed by atoms with Crippen molar-refractivity contribution < 1.29 is 24.4 Å². The molecule has 2 amide bonds. The number of rotatable bonds is 2. The Labute approximate surface area is 116 Å². The summed E-state index contributed by atoms with van der Waals surface area (Å²) in [5, 5.41) is 13.3. The van der Waals surface area contributed by atoms with Gasteiger partial charge in [-0.15, -0.1) is 10.3 Å². The van der Waals surface area contributed by atoms with Gasteiger partial charge in [0.2, 0.25) is 0 Å². The smallest absolute Gasteiger partial charge is 0.325 e. The molecule has 2 heterocycles. The second-order valence-corrected chi connectivity index (χ2v) is 5.75. The van der Waals surface area contributed by atoms with Crippen molar-refractivity contribution in [1.29, 1.82) is 0 Å². The number of hydrogen-bond donors (Lipinski definition) is 0. The van der Waals surface area contributed by atoms with Gasteiger partial charge in [0, 0.05) is 12.2 Å². The lowest BCUT2D eigenvalue weighted by Gasteiger charge is -2.33. The van der Waals surface area contributed by atoms with Gasteiger partial charge in [-0.05, 0) is 33.8 Å². The molecule has 0 saturated heterocycles. The second-order valence-electron chi connectivity index (χ2n) is 5.75. The normalized spacial score (nSPS) is 24.2. The van der Waals surface area contributed by atoms with Crippen LogP contribution in [0.15, 0.2) is 23.8 Å². The van der Waals surface area contributed by atoms with Crippen molar-refractivity contribution in [1.82, 2.24) is 10.1 Å². The number of carbonyl (C=O) groups is 3. The molecule has 0 fully saturated rings. The number of hydroxylamine groups is 4. The molecule has 0 atom stereocenters. The minimum absolute atomic E-state index is 0.116. The topological polar surface area (TPSA) is 86.8 Å². The van der Waals surface area contributed by atoms with Crippen molar-refractivity contribution >= 4 is 17.8 Å². The first-order valence-corrected chi connectivity index (χ1v) is 6.06. The predicted molar refractivity (Wildman–Crippen MR) is 65.9 cm³/mol. The van der Waals surface area contributed by atoms with Crippen molar-refractivity contribution in [2.45, 2.75) is 38.8 Å². The molecular weight excluding hydrogens is 264 g/mol. The largest absolute Gasteiger partial charge is 0.361 e. The van der Waals surface area contributed by atoms with Gasteiger partial charge in [-0.25, -0.2) is 4.79 Å². The first-order chi connectivity index (χ1) is 9.07. The summed E-state index contributed by atoms with van der Waals surface area (Å²) in [4.78, 5) is 39.6. The van der Waals surface area contributed by atoms with Gasteiger partial charge in [0.15, 0.2) is 0 Å². The Morgan fingerprint density at radius 2 is 1.60 bits per heavy atom. The minimum Gasteiger partial charge on any atom is -0.325 e. The van der Waals surface area contributed by atoms with Crippen molar-refractivity contribution in [3.63, 3.8) is 0 Å². The summed E-state index contributed by atoms with van der Waals surface area (Å²) in [6.07, 6.45) is 3.50. The molecular formula is C13H15N2O5. The molecule has 0 bridgehead atoms. The summed E-state index contributed by atoms with van der Waals surface area (Å²) in [5.74, 6) is -2.33. The Hall–Kier alpha value is -1.99. The first kappa shape index (κ1) is 14.4. The van der Waals surface area contributed by atoms with E-state index in [-0.39, 0.29) is 5.57 Å². The summed E-state index contributed by atoms with van der Waals surface area (Å²) in [6.45, 7) is 6.48. The van der Waals surface area contributed by atoms with E-state index in [2.05, 4.69) is 0 Å². The molecule has 107 valence electrons. The molecule has 0 aromatic heterocycles. The highest BCUT2D eigenvalue weighted by Crippen LogP contribution is 2.39. The number of hydrogen-bond acceptors (Lipinski definition) is 5. The van der Waals surface area contributed by atoms with Crippen LogP contribution in [0.3, 0.4) is 0 Å². The minimum atomic E-state index is -1.10. The highest BCUT2D eigenvalue weighted by molar-refractivity contribution is 6.12. The molecule has 0 unspecified atom stereocenters. The van der Waals surface area contributed by atoms with Crippen LogP contribution in [-0.2, 0) is 24.4 Å². The van der Waals surface area contributed by atoms with Crippen LogP contribution < -0.4 is 0 Å². The number of nitrogens with zero attached hydrogens (tertiary/aromatic N) is 2. The first-order valence-electron chi connectivity index (χ1n) is 6.06. The fourth-order valence-electron chi connectivity index (χ4n) is 2.34. The lowest BCUT2D eigenvalue weighted by atomic mass is 9.97. The van der Waals surface area contributed by atoms with Crippen molar-refractivity contribution in [2.75, 3.05) is 0 Å². The zero-order valence-corrected chi connectivity index (χ0v) is 11.7. The Bertz CT molecular complexity index is 541. The molecule has 0 spiro atoms. The van der Waals surface area contributed by atoms with Crippen LogP contribution >= 0.6 is 0 Å². The van der Waals surface area contributed by atoms with Gasteiger partial charge in [-0.3, -0.25) is 9.59 Å². The molecule has 0 aromatic carbocycles. The summed E-state index contributed by atoms with van der Waals surface area (Å²) in [5.41, 5.74) is -1.85. The third kappa shape index (κ3) is 2.04. The van der Waals surface area contributed by atoms with Crippen molar-refractivity contribution in [3.05, 3.63) is 23.8 Å². The van der Waals surface area contributed by atoms with E-state index in [1.807, 2.05) is 0 Å². The quantitative estimate of drug-likeness (QED) is 0.687. The highest BCUT2D eigenvalue weighted by atomic mass is 16.7. The van der Waals surface area contributed by atoms with Gasteiger partial charge in [0.1, 0.15) is 0 Å². The maximum atomic E-state index is 12.1. The second kappa shape index (κ2) is 4.26. The van der Waals surface area contributed by atoms with E-state index < -0.39 is 28.9 Å². The molecule has 0 aromatic rings. The molecule has 7 nitrogen and oxygen atoms in total. The van der Waals surface area contributed by atoms with Crippen LogP contribution in [0.4, 0.5) is 0 Å². The zero-order chi connectivity index (χ0) is 15.3. The van der Waals surface area contributed by atoms with E-state index in [9.17, 15) is 19.6 Å². The Morgan fingerprint density at radius 3 is 2.00 bits per heavy atom. The lowest BCUT2D eigenvalue weighted by Crippen LogP contribution is -2.48. The molecule has 2 aliphatic heterocycles. The van der Waals surface area contributed by atoms with Crippen LogP contribution in [0.2, 0.25) is 0 Å². The van der Waals surface area contributed by atoms with Crippen molar-refractivity contribution in [2.24, 2.45) is 0 Å². The SMILES string of the molecule is CC1(C)C=C(C(=O)ON2C(=O)C=CC2=O)C(C)(C)N1[O]. The van der Waals surface area contributed by atoms with Gasteiger partial charge in [-0.1, -0.05) is 5.06 Å². The predicted octanol–water partition coefficient (Wildman–Crippen LogP) is 0.514. The lowest BCUT2D eigenvalue weighted by molar-refractivity contribution is -0.240. The third-order valence-corrected chi connectivity index (χ3v) is 3.35. The van der Waals surface area contributed by atoms with E-state index in [1.165, 1.54) is 6.08 Å². The van der Waals surface area contributed by atoms with Crippen LogP contribution in [-0.4, -0.2) is 39.0 Å². The van der Waals surface area contributed by atoms with Gasteiger partial charge in [0.05, 0.1) is 16.7 Å². The van der Waals surface area contributed by atoms with E-state index >= 15 is 0 Å². The number of imide groups is 1. The summed E-state index contributed by atoms with van der Waals surface area (Å²) in [6, 6.07) is 0. The van der Waals surface area contributed by atoms with Crippen LogP contribution in [0.1, 0.15) is 27.7 Å². The maximum Gasteiger partial charge on any atom is 0.361 e. The molecule has 2 aliphatic rings.